The van der Waals surface area contributed by atoms with Crippen LogP contribution in [0, 0.1) is 5.92 Å². The molecule has 2 unspecified atom stereocenters. The van der Waals surface area contributed by atoms with Crippen molar-refractivity contribution in [1.29, 1.82) is 0 Å². The summed E-state index contributed by atoms with van der Waals surface area (Å²) in [6, 6.07) is 1.28. The number of hydrogen-bond donors (Lipinski definition) is 2. The minimum absolute atomic E-state index is 0.106. The number of β-amino-alcohol motifs (C(OH)–C–C–N with tert-alkyl or cyclic N) is 1. The van der Waals surface area contributed by atoms with E-state index < -0.39 is 0 Å². The number of likely N-dealkylation sites (tertiary alicyclic amines) is 1. The maximum atomic E-state index is 9.49. The maximum Gasteiger partial charge on any atom is 0.0682 e. The zero-order valence-corrected chi connectivity index (χ0v) is 9.24. The van der Waals surface area contributed by atoms with Gasteiger partial charge < -0.3 is 10.4 Å². The molecule has 14 heavy (non-hydrogen) atoms. The van der Waals surface area contributed by atoms with Gasteiger partial charge in [0.25, 0.3) is 0 Å². The highest BCUT2D eigenvalue weighted by Crippen LogP contribution is 2.26. The molecule has 2 rings (SSSR count). The Labute approximate surface area is 86.5 Å². The smallest absolute Gasteiger partial charge is 0.0682 e. The van der Waals surface area contributed by atoms with E-state index in [1.165, 1.54) is 12.8 Å². The number of aliphatic hydroxyl groups excluding tert-OH is 1. The van der Waals surface area contributed by atoms with Crippen molar-refractivity contribution in [2.24, 2.45) is 5.92 Å². The van der Waals surface area contributed by atoms with E-state index in [1.54, 1.807) is 0 Å². The normalized spacial score (nSPS) is 43.9. The summed E-state index contributed by atoms with van der Waals surface area (Å²) in [5.74, 6) is 0.853. The summed E-state index contributed by atoms with van der Waals surface area (Å²) in [6.07, 6.45) is 3.54. The molecule has 0 spiro atoms. The van der Waals surface area contributed by atoms with Crippen LogP contribution in [0.4, 0.5) is 0 Å². The van der Waals surface area contributed by atoms with Gasteiger partial charge >= 0.3 is 0 Å². The third kappa shape index (κ3) is 2.10. The van der Waals surface area contributed by atoms with Crippen LogP contribution in [0.3, 0.4) is 0 Å². The van der Waals surface area contributed by atoms with E-state index in [1.807, 2.05) is 0 Å². The second kappa shape index (κ2) is 4.17. The average Bonchev–Trinajstić information content (AvgIpc) is 2.43. The number of hydrogen-bond acceptors (Lipinski definition) is 3. The lowest BCUT2D eigenvalue weighted by molar-refractivity contribution is 0.182. The van der Waals surface area contributed by atoms with Gasteiger partial charge in [0, 0.05) is 25.2 Å². The summed E-state index contributed by atoms with van der Waals surface area (Å²) in [4.78, 5) is 2.26. The molecule has 2 N–H and O–H groups in total. The quantitative estimate of drug-likeness (QED) is 0.691. The molecule has 4 atom stereocenters. The molecule has 0 bridgehead atoms. The summed E-state index contributed by atoms with van der Waals surface area (Å²) in [6.45, 7) is 4.20. The Morgan fingerprint density at radius 2 is 2.21 bits per heavy atom. The van der Waals surface area contributed by atoms with Crippen molar-refractivity contribution in [2.45, 2.75) is 44.4 Å². The lowest BCUT2D eigenvalue weighted by Crippen LogP contribution is -2.47. The number of aliphatic hydroxyl groups is 1. The minimum atomic E-state index is -0.106. The molecule has 0 amide bonds. The first kappa shape index (κ1) is 10.4. The van der Waals surface area contributed by atoms with E-state index in [-0.39, 0.29) is 6.10 Å². The van der Waals surface area contributed by atoms with Gasteiger partial charge in [-0.05, 0) is 32.2 Å². The predicted octanol–water partition coefficient (Wildman–Crippen LogP) is 0.440. The molecule has 1 saturated carbocycles. The van der Waals surface area contributed by atoms with Gasteiger partial charge in [-0.25, -0.2) is 0 Å². The van der Waals surface area contributed by atoms with Crippen molar-refractivity contribution in [3.05, 3.63) is 0 Å². The molecule has 2 aliphatic rings. The summed E-state index contributed by atoms with van der Waals surface area (Å²) >= 11 is 0. The van der Waals surface area contributed by atoms with Gasteiger partial charge in [-0.15, -0.1) is 0 Å². The Bertz CT molecular complexity index is 198. The van der Waals surface area contributed by atoms with Crippen molar-refractivity contribution in [3.63, 3.8) is 0 Å². The number of likely N-dealkylation sites (N-methyl/N-ethyl adjacent to an activating group) is 1. The van der Waals surface area contributed by atoms with Gasteiger partial charge in [-0.3, -0.25) is 4.90 Å². The molecule has 2 fully saturated rings. The van der Waals surface area contributed by atoms with Crippen LogP contribution in [-0.2, 0) is 0 Å². The van der Waals surface area contributed by atoms with E-state index in [0.717, 1.165) is 31.5 Å². The number of nitrogens with one attached hydrogen (secondary N) is 1. The first-order valence-electron chi connectivity index (χ1n) is 5.78. The first-order valence-corrected chi connectivity index (χ1v) is 5.78. The van der Waals surface area contributed by atoms with Crippen molar-refractivity contribution in [1.82, 2.24) is 10.2 Å². The van der Waals surface area contributed by atoms with E-state index in [2.05, 4.69) is 24.2 Å². The molecule has 0 aromatic rings. The fraction of sp³-hybridized carbons (Fsp3) is 1.00. The minimum Gasteiger partial charge on any atom is -0.392 e. The Morgan fingerprint density at radius 1 is 1.43 bits per heavy atom. The fourth-order valence-corrected chi connectivity index (χ4v) is 2.55. The van der Waals surface area contributed by atoms with E-state index in [4.69, 9.17) is 0 Å². The molecule has 1 aliphatic carbocycles. The molecular weight excluding hydrogens is 176 g/mol. The Balaban J connectivity index is 1.70. The highest BCUT2D eigenvalue weighted by Gasteiger charge is 2.31. The van der Waals surface area contributed by atoms with Crippen LogP contribution >= 0.6 is 0 Å². The van der Waals surface area contributed by atoms with E-state index in [9.17, 15) is 5.11 Å². The first-order chi connectivity index (χ1) is 6.66. The average molecular weight is 198 g/mol. The second-order valence-corrected chi connectivity index (χ2v) is 5.05. The van der Waals surface area contributed by atoms with Gasteiger partial charge in [0.1, 0.15) is 0 Å². The van der Waals surface area contributed by atoms with Crippen LogP contribution in [0.25, 0.3) is 0 Å². The zero-order chi connectivity index (χ0) is 10.1. The van der Waals surface area contributed by atoms with Gasteiger partial charge in [0.2, 0.25) is 0 Å². The van der Waals surface area contributed by atoms with Crippen molar-refractivity contribution in [2.75, 3.05) is 20.1 Å². The third-order valence-corrected chi connectivity index (χ3v) is 3.90. The van der Waals surface area contributed by atoms with Crippen LogP contribution in [0.1, 0.15) is 26.2 Å². The van der Waals surface area contributed by atoms with Gasteiger partial charge in [0.05, 0.1) is 6.10 Å². The monoisotopic (exact) mass is 198 g/mol. The van der Waals surface area contributed by atoms with Crippen molar-refractivity contribution in [3.8, 4) is 0 Å². The summed E-state index contributed by atoms with van der Waals surface area (Å²) in [5.41, 5.74) is 0. The van der Waals surface area contributed by atoms with Crippen molar-refractivity contribution >= 4 is 0 Å². The summed E-state index contributed by atoms with van der Waals surface area (Å²) in [7, 11) is 2.10. The highest BCUT2D eigenvalue weighted by atomic mass is 16.3. The largest absolute Gasteiger partial charge is 0.392 e. The number of nitrogens with zero attached hydrogens (tertiary/aromatic N) is 1. The van der Waals surface area contributed by atoms with E-state index in [0.29, 0.717) is 6.04 Å². The molecule has 1 aliphatic heterocycles. The molecule has 1 heterocycles. The van der Waals surface area contributed by atoms with Crippen LogP contribution in [0.5, 0.6) is 0 Å². The molecule has 1 saturated heterocycles. The Hall–Kier alpha value is -0.120. The lowest BCUT2D eigenvalue weighted by Gasteiger charge is -2.36. The van der Waals surface area contributed by atoms with E-state index >= 15 is 0 Å². The van der Waals surface area contributed by atoms with Crippen molar-refractivity contribution < 1.29 is 5.11 Å². The van der Waals surface area contributed by atoms with Crippen LogP contribution in [0.15, 0.2) is 0 Å². The van der Waals surface area contributed by atoms with Crippen LogP contribution in [-0.4, -0.2) is 48.3 Å². The lowest BCUT2D eigenvalue weighted by atomic mass is 9.81. The second-order valence-electron chi connectivity index (χ2n) is 5.05. The SMILES string of the molecule is CC1CCC1NC[C@@H]1C[C@@H](O)CN1C. The molecular formula is C11H22N2O. The zero-order valence-electron chi connectivity index (χ0n) is 9.24. The summed E-state index contributed by atoms with van der Waals surface area (Å²) in [5, 5.41) is 13.1. The Morgan fingerprint density at radius 3 is 2.64 bits per heavy atom. The van der Waals surface area contributed by atoms with Gasteiger partial charge in [0.15, 0.2) is 0 Å². The fourth-order valence-electron chi connectivity index (χ4n) is 2.55. The van der Waals surface area contributed by atoms with Gasteiger partial charge in [-0.1, -0.05) is 6.92 Å². The molecule has 3 nitrogen and oxygen atoms in total. The predicted molar refractivity (Wildman–Crippen MR) is 57.2 cm³/mol. The third-order valence-electron chi connectivity index (χ3n) is 3.90. The summed E-state index contributed by atoms with van der Waals surface area (Å²) < 4.78 is 0. The standard InChI is InChI=1S/C11H22N2O/c1-8-3-4-11(8)12-6-9-5-10(14)7-13(9)2/h8-12,14H,3-7H2,1-2H3/t8?,9-,10+,11?/m0/s1. The highest BCUT2D eigenvalue weighted by molar-refractivity contribution is 4.89. The molecule has 0 radical (unpaired) electrons. The molecule has 0 aromatic heterocycles. The van der Waals surface area contributed by atoms with Crippen LogP contribution < -0.4 is 5.32 Å². The van der Waals surface area contributed by atoms with Crippen LogP contribution in [0.2, 0.25) is 0 Å². The molecule has 3 heteroatoms. The topological polar surface area (TPSA) is 35.5 Å². The molecule has 82 valence electrons. The molecule has 0 aromatic carbocycles. The Kier molecular flexibility index (Phi) is 3.10. The van der Waals surface area contributed by atoms with Gasteiger partial charge in [-0.2, -0.15) is 0 Å². The number of rotatable bonds is 3. The maximum absolute atomic E-state index is 9.49.